The summed E-state index contributed by atoms with van der Waals surface area (Å²) in [4.78, 5) is 0.0683. The highest BCUT2D eigenvalue weighted by molar-refractivity contribution is 8.04. The number of hydrogen-bond acceptors (Lipinski definition) is 4. The molecule has 1 aromatic rings. The lowest BCUT2D eigenvalue weighted by Gasteiger charge is -2.10. The average molecular weight is 347 g/mol. The Hall–Kier alpha value is -1.36. The van der Waals surface area contributed by atoms with Crippen LogP contribution in [-0.4, -0.2) is 21.4 Å². The molecule has 0 radical (unpaired) electrons. The zero-order valence-corrected chi connectivity index (χ0v) is 12.2. The van der Waals surface area contributed by atoms with E-state index in [4.69, 9.17) is 5.73 Å². The molecule has 4 nitrogen and oxygen atoms in total. The summed E-state index contributed by atoms with van der Waals surface area (Å²) in [7, 11) is 1.07. The largest absolute Gasteiger partial charge is 0.435 e. The van der Waals surface area contributed by atoms with Crippen LogP contribution in [0, 0.1) is 0 Å². The third-order valence-corrected chi connectivity index (χ3v) is 3.60. The van der Waals surface area contributed by atoms with Crippen LogP contribution in [0.1, 0.15) is 11.3 Å². The molecule has 0 aliphatic carbocycles. The lowest BCUT2D eigenvalue weighted by atomic mass is 10.2. The van der Waals surface area contributed by atoms with Gasteiger partial charge in [0.2, 0.25) is 5.88 Å². The molecule has 1 rings (SSSR count). The molecular formula is C10H10F5N3OS2. The van der Waals surface area contributed by atoms with Crippen LogP contribution in [-0.2, 0) is 19.0 Å². The molecule has 0 spiro atoms. The Kier molecular flexibility index (Phi) is 5.56. The summed E-state index contributed by atoms with van der Waals surface area (Å²) in [5.74, 6) is -1.03. The molecule has 0 aliphatic heterocycles. The van der Waals surface area contributed by atoms with E-state index in [0.29, 0.717) is 4.68 Å². The van der Waals surface area contributed by atoms with E-state index in [2.05, 4.69) is 28.6 Å². The molecule has 0 aromatic carbocycles. The maximum atomic E-state index is 12.9. The Morgan fingerprint density at radius 3 is 2.52 bits per heavy atom. The number of rotatable bonds is 6. The van der Waals surface area contributed by atoms with Gasteiger partial charge in [-0.2, -0.15) is 27.1 Å². The fourth-order valence-corrected chi connectivity index (χ4v) is 2.27. The predicted octanol–water partition coefficient (Wildman–Crippen LogP) is 3.07. The Bertz CT molecular complexity index is 556. The van der Waals surface area contributed by atoms with Crippen LogP contribution in [0.15, 0.2) is 11.5 Å². The number of alkyl halides is 5. The molecule has 0 saturated heterocycles. The third kappa shape index (κ3) is 4.56. The van der Waals surface area contributed by atoms with Crippen LogP contribution in [0.5, 0.6) is 5.88 Å². The van der Waals surface area contributed by atoms with Crippen molar-refractivity contribution in [3.05, 3.63) is 22.7 Å². The van der Waals surface area contributed by atoms with Crippen molar-refractivity contribution in [3.8, 4) is 5.88 Å². The second-order valence-corrected chi connectivity index (χ2v) is 5.22. The van der Waals surface area contributed by atoms with Gasteiger partial charge in [0.15, 0.2) is 5.69 Å². The van der Waals surface area contributed by atoms with Gasteiger partial charge in [0.1, 0.15) is 4.99 Å². The molecule has 2 N–H and O–H groups in total. The lowest BCUT2D eigenvalue weighted by Crippen LogP contribution is -2.11. The Labute approximate surface area is 126 Å². The van der Waals surface area contributed by atoms with Gasteiger partial charge in [-0.05, 0) is 0 Å². The normalized spacial score (nSPS) is 11.8. The van der Waals surface area contributed by atoms with E-state index in [1.165, 1.54) is 0 Å². The van der Waals surface area contributed by atoms with E-state index in [-0.39, 0.29) is 15.6 Å². The summed E-state index contributed by atoms with van der Waals surface area (Å²) in [6.07, 6.45) is -4.80. The van der Waals surface area contributed by atoms with E-state index in [1.54, 1.807) is 0 Å². The smallest absolute Gasteiger partial charge is 0.417 e. The minimum atomic E-state index is -4.80. The maximum absolute atomic E-state index is 12.9. The van der Waals surface area contributed by atoms with E-state index in [1.807, 2.05) is 0 Å². The number of ether oxygens (including phenoxy) is 1. The van der Waals surface area contributed by atoms with Gasteiger partial charge >= 0.3 is 12.8 Å². The summed E-state index contributed by atoms with van der Waals surface area (Å²) < 4.78 is 67.9. The molecule has 11 heteroatoms. The first kappa shape index (κ1) is 17.7. The van der Waals surface area contributed by atoms with Gasteiger partial charge in [0.25, 0.3) is 0 Å². The summed E-state index contributed by atoms with van der Waals surface area (Å²) >= 11 is 5.39. The van der Waals surface area contributed by atoms with Gasteiger partial charge in [-0.15, -0.1) is 11.8 Å². The maximum Gasteiger partial charge on any atom is 0.435 e. The van der Waals surface area contributed by atoms with Crippen molar-refractivity contribution in [1.82, 2.24) is 9.78 Å². The van der Waals surface area contributed by atoms with Crippen LogP contribution >= 0.6 is 24.0 Å². The SMILES string of the molecule is C=C(SCc1c(C(F)(F)F)nn(C)c1OC(F)F)C(N)=S. The fourth-order valence-electron chi connectivity index (χ4n) is 1.37. The topological polar surface area (TPSA) is 53.1 Å². The zero-order valence-electron chi connectivity index (χ0n) is 10.6. The minimum Gasteiger partial charge on any atom is -0.417 e. The number of halogens is 5. The van der Waals surface area contributed by atoms with Crippen LogP contribution in [0.2, 0.25) is 0 Å². The van der Waals surface area contributed by atoms with Crippen molar-refractivity contribution in [1.29, 1.82) is 0 Å². The number of aromatic nitrogens is 2. The van der Waals surface area contributed by atoms with Gasteiger partial charge in [-0.25, -0.2) is 4.68 Å². The number of nitrogens with zero attached hydrogens (tertiary/aromatic N) is 2. The highest BCUT2D eigenvalue weighted by Gasteiger charge is 2.39. The summed E-state index contributed by atoms with van der Waals surface area (Å²) in [5, 5.41) is 3.18. The van der Waals surface area contributed by atoms with Gasteiger partial charge in [-0.3, -0.25) is 0 Å². The van der Waals surface area contributed by atoms with Crippen LogP contribution < -0.4 is 10.5 Å². The van der Waals surface area contributed by atoms with Crippen molar-refractivity contribution in [3.63, 3.8) is 0 Å². The Morgan fingerprint density at radius 2 is 2.10 bits per heavy atom. The van der Waals surface area contributed by atoms with Crippen LogP contribution in [0.25, 0.3) is 0 Å². The first-order chi connectivity index (χ1) is 9.54. The second kappa shape index (κ2) is 6.60. The summed E-state index contributed by atoms with van der Waals surface area (Å²) in [5.41, 5.74) is 3.44. The lowest BCUT2D eigenvalue weighted by molar-refractivity contribution is -0.142. The molecular weight excluding hydrogens is 337 g/mol. The molecule has 0 fully saturated rings. The number of hydrogen-bond donors (Lipinski definition) is 1. The molecule has 118 valence electrons. The van der Waals surface area contributed by atoms with Crippen LogP contribution in [0.3, 0.4) is 0 Å². The molecule has 0 unspecified atom stereocenters. The van der Waals surface area contributed by atoms with Gasteiger partial charge in [0, 0.05) is 17.7 Å². The Balaban J connectivity index is 3.17. The highest BCUT2D eigenvalue weighted by atomic mass is 32.2. The first-order valence-corrected chi connectivity index (χ1v) is 6.62. The number of thiocarbonyl (C=S) groups is 1. The second-order valence-electron chi connectivity index (χ2n) is 3.71. The minimum absolute atomic E-state index is 0.0891. The quantitative estimate of drug-likeness (QED) is 0.487. The van der Waals surface area contributed by atoms with E-state index < -0.39 is 29.9 Å². The van der Waals surface area contributed by atoms with Gasteiger partial charge in [-0.1, -0.05) is 18.8 Å². The zero-order chi connectivity index (χ0) is 16.4. The van der Waals surface area contributed by atoms with Crippen LogP contribution in [0.4, 0.5) is 22.0 Å². The standard InChI is InChI=1S/C10H10F5N3OS2/c1-4(7(16)20)21-3-5-6(10(13,14)15)17-18(2)8(5)19-9(11)12/h9H,1,3H2,2H3,(H2,16,20). The average Bonchev–Trinajstić information content (AvgIpc) is 2.63. The summed E-state index contributed by atoms with van der Waals surface area (Å²) in [6, 6.07) is 0. The van der Waals surface area contributed by atoms with Crippen molar-refractivity contribution in [2.24, 2.45) is 12.8 Å². The molecule has 1 heterocycles. The van der Waals surface area contributed by atoms with Crippen molar-refractivity contribution < 1.29 is 26.7 Å². The summed E-state index contributed by atoms with van der Waals surface area (Å²) in [6.45, 7) is 0.184. The molecule has 0 atom stereocenters. The number of thioether (sulfide) groups is 1. The van der Waals surface area contributed by atoms with E-state index >= 15 is 0 Å². The highest BCUT2D eigenvalue weighted by Crippen LogP contribution is 2.38. The molecule has 0 bridgehead atoms. The van der Waals surface area contributed by atoms with Crippen molar-refractivity contribution in [2.75, 3.05) is 0 Å². The molecule has 21 heavy (non-hydrogen) atoms. The first-order valence-electron chi connectivity index (χ1n) is 5.23. The molecule has 0 amide bonds. The van der Waals surface area contributed by atoms with Gasteiger partial charge < -0.3 is 10.5 Å². The molecule has 0 aliphatic rings. The van der Waals surface area contributed by atoms with Crippen molar-refractivity contribution in [2.45, 2.75) is 18.5 Å². The van der Waals surface area contributed by atoms with E-state index in [9.17, 15) is 22.0 Å². The molecule has 0 saturated carbocycles. The molecule has 1 aromatic heterocycles. The predicted molar refractivity (Wildman–Crippen MR) is 72.1 cm³/mol. The fraction of sp³-hybridized carbons (Fsp3) is 0.400. The number of nitrogens with two attached hydrogens (primary N) is 1. The van der Waals surface area contributed by atoms with E-state index in [0.717, 1.165) is 18.8 Å². The van der Waals surface area contributed by atoms with Crippen molar-refractivity contribution >= 4 is 29.0 Å². The number of aryl methyl sites for hydroxylation is 1. The monoisotopic (exact) mass is 347 g/mol. The third-order valence-electron chi connectivity index (χ3n) is 2.22. The van der Waals surface area contributed by atoms with Gasteiger partial charge in [0.05, 0.1) is 5.56 Å². The Morgan fingerprint density at radius 1 is 1.52 bits per heavy atom.